The summed E-state index contributed by atoms with van der Waals surface area (Å²) in [4.78, 5) is 15.1. The molecular formula is C23H30N2O4. The van der Waals surface area contributed by atoms with Crippen molar-refractivity contribution in [1.29, 1.82) is 0 Å². The van der Waals surface area contributed by atoms with Crippen molar-refractivity contribution >= 4 is 5.91 Å². The van der Waals surface area contributed by atoms with E-state index in [2.05, 4.69) is 34.5 Å². The van der Waals surface area contributed by atoms with Crippen LogP contribution in [-0.2, 0) is 13.1 Å². The number of benzene rings is 2. The van der Waals surface area contributed by atoms with Crippen LogP contribution in [0.2, 0.25) is 0 Å². The normalized spacial score (nSPS) is 14.3. The highest BCUT2D eigenvalue weighted by Gasteiger charge is 2.17. The van der Waals surface area contributed by atoms with Gasteiger partial charge in [0.15, 0.2) is 11.5 Å². The van der Waals surface area contributed by atoms with Crippen molar-refractivity contribution in [2.24, 2.45) is 0 Å². The van der Waals surface area contributed by atoms with Crippen LogP contribution in [0.1, 0.15) is 40.7 Å². The lowest BCUT2D eigenvalue weighted by molar-refractivity contribution is 0.0950. The average molecular weight is 399 g/mol. The predicted octanol–water partition coefficient (Wildman–Crippen LogP) is 3.63. The smallest absolute Gasteiger partial charge is 0.251 e. The molecule has 0 saturated carbocycles. The number of methoxy groups -OCH3 is 3. The van der Waals surface area contributed by atoms with Gasteiger partial charge in [0, 0.05) is 18.7 Å². The van der Waals surface area contributed by atoms with Crippen molar-refractivity contribution in [3.05, 3.63) is 53.1 Å². The molecule has 0 aromatic heterocycles. The lowest BCUT2D eigenvalue weighted by Crippen LogP contribution is -2.29. The summed E-state index contributed by atoms with van der Waals surface area (Å²) < 4.78 is 15.9. The molecule has 1 fully saturated rings. The molecule has 156 valence electrons. The fourth-order valence-corrected chi connectivity index (χ4v) is 3.63. The van der Waals surface area contributed by atoms with Crippen LogP contribution in [0.5, 0.6) is 17.2 Å². The molecule has 0 bridgehead atoms. The van der Waals surface area contributed by atoms with Gasteiger partial charge in [-0.05, 0) is 49.2 Å². The molecule has 0 unspecified atom stereocenters. The first-order valence-corrected chi connectivity index (χ1v) is 10.0. The molecule has 29 heavy (non-hydrogen) atoms. The number of hydrogen-bond donors (Lipinski definition) is 1. The number of piperidine rings is 1. The van der Waals surface area contributed by atoms with Gasteiger partial charge in [-0.2, -0.15) is 0 Å². The van der Waals surface area contributed by atoms with Crippen molar-refractivity contribution in [3.63, 3.8) is 0 Å². The number of carbonyl (C=O) groups is 1. The molecule has 1 saturated heterocycles. The predicted molar refractivity (Wildman–Crippen MR) is 113 cm³/mol. The Morgan fingerprint density at radius 2 is 1.48 bits per heavy atom. The minimum absolute atomic E-state index is 0.193. The zero-order valence-electron chi connectivity index (χ0n) is 17.5. The summed E-state index contributed by atoms with van der Waals surface area (Å²) in [5, 5.41) is 2.95. The fourth-order valence-electron chi connectivity index (χ4n) is 3.63. The van der Waals surface area contributed by atoms with Gasteiger partial charge in [-0.1, -0.05) is 30.7 Å². The number of amides is 1. The van der Waals surface area contributed by atoms with Crippen LogP contribution < -0.4 is 19.5 Å². The number of rotatable bonds is 8. The molecule has 0 aliphatic carbocycles. The molecule has 1 amide bonds. The van der Waals surface area contributed by atoms with E-state index in [0.29, 0.717) is 29.4 Å². The van der Waals surface area contributed by atoms with Crippen LogP contribution in [0.4, 0.5) is 0 Å². The molecule has 0 radical (unpaired) electrons. The van der Waals surface area contributed by atoms with Crippen molar-refractivity contribution in [1.82, 2.24) is 10.2 Å². The van der Waals surface area contributed by atoms with Crippen LogP contribution in [0.15, 0.2) is 36.4 Å². The van der Waals surface area contributed by atoms with Gasteiger partial charge >= 0.3 is 0 Å². The fraction of sp³-hybridized carbons (Fsp3) is 0.435. The van der Waals surface area contributed by atoms with Gasteiger partial charge in [-0.3, -0.25) is 9.69 Å². The van der Waals surface area contributed by atoms with E-state index < -0.39 is 0 Å². The second-order valence-electron chi connectivity index (χ2n) is 7.25. The first kappa shape index (κ1) is 21.0. The Morgan fingerprint density at radius 3 is 2.03 bits per heavy atom. The Balaban J connectivity index is 1.60. The van der Waals surface area contributed by atoms with E-state index in [0.717, 1.165) is 12.1 Å². The minimum Gasteiger partial charge on any atom is -0.493 e. The summed E-state index contributed by atoms with van der Waals surface area (Å²) in [7, 11) is 4.60. The quantitative estimate of drug-likeness (QED) is 0.736. The molecule has 3 rings (SSSR count). The van der Waals surface area contributed by atoms with E-state index in [-0.39, 0.29) is 5.91 Å². The third kappa shape index (κ3) is 5.41. The maximum absolute atomic E-state index is 12.6. The molecule has 6 heteroatoms. The third-order valence-corrected chi connectivity index (χ3v) is 5.26. The SMILES string of the molecule is COc1cc(C(=O)NCc2ccc(CN3CCCCC3)cc2)cc(OC)c1OC. The zero-order valence-corrected chi connectivity index (χ0v) is 17.5. The summed E-state index contributed by atoms with van der Waals surface area (Å²) in [6.07, 6.45) is 3.94. The van der Waals surface area contributed by atoms with Crippen LogP contribution in [-0.4, -0.2) is 45.2 Å². The topological polar surface area (TPSA) is 60.0 Å². The Bertz CT molecular complexity index is 789. The van der Waals surface area contributed by atoms with E-state index in [1.54, 1.807) is 12.1 Å². The van der Waals surface area contributed by atoms with E-state index in [1.165, 1.54) is 59.2 Å². The number of nitrogens with one attached hydrogen (secondary N) is 1. The summed E-state index contributed by atoms with van der Waals surface area (Å²) in [6, 6.07) is 11.8. The number of ether oxygens (including phenoxy) is 3. The summed E-state index contributed by atoms with van der Waals surface area (Å²) in [5.41, 5.74) is 2.83. The van der Waals surface area contributed by atoms with Crippen LogP contribution in [0.3, 0.4) is 0 Å². The second kappa shape index (κ2) is 10.2. The third-order valence-electron chi connectivity index (χ3n) is 5.26. The van der Waals surface area contributed by atoms with E-state index in [9.17, 15) is 4.79 Å². The highest BCUT2D eigenvalue weighted by Crippen LogP contribution is 2.38. The van der Waals surface area contributed by atoms with Gasteiger partial charge in [0.05, 0.1) is 21.3 Å². The van der Waals surface area contributed by atoms with Crippen molar-refractivity contribution in [3.8, 4) is 17.2 Å². The lowest BCUT2D eigenvalue weighted by Gasteiger charge is -2.26. The highest BCUT2D eigenvalue weighted by atomic mass is 16.5. The number of likely N-dealkylation sites (tertiary alicyclic amines) is 1. The van der Waals surface area contributed by atoms with Gasteiger partial charge in [-0.15, -0.1) is 0 Å². The molecule has 0 spiro atoms. The zero-order chi connectivity index (χ0) is 20.6. The van der Waals surface area contributed by atoms with Crippen LogP contribution >= 0.6 is 0 Å². The van der Waals surface area contributed by atoms with E-state index in [1.807, 2.05) is 0 Å². The minimum atomic E-state index is -0.193. The number of carbonyl (C=O) groups excluding carboxylic acids is 1. The Labute approximate surface area is 172 Å². The molecule has 2 aromatic carbocycles. The van der Waals surface area contributed by atoms with Crippen molar-refractivity contribution in [2.75, 3.05) is 34.4 Å². The molecule has 1 aliphatic heterocycles. The molecule has 6 nitrogen and oxygen atoms in total. The highest BCUT2D eigenvalue weighted by molar-refractivity contribution is 5.95. The summed E-state index contributed by atoms with van der Waals surface area (Å²) in [5.74, 6) is 1.19. The average Bonchev–Trinajstić information content (AvgIpc) is 2.78. The van der Waals surface area contributed by atoms with Crippen LogP contribution in [0, 0.1) is 0 Å². The lowest BCUT2D eigenvalue weighted by atomic mass is 10.1. The van der Waals surface area contributed by atoms with Gasteiger partial charge < -0.3 is 19.5 Å². The molecule has 0 atom stereocenters. The second-order valence-corrected chi connectivity index (χ2v) is 7.25. The summed E-state index contributed by atoms with van der Waals surface area (Å²) in [6.45, 7) is 3.83. The van der Waals surface area contributed by atoms with Gasteiger partial charge in [-0.25, -0.2) is 0 Å². The Hall–Kier alpha value is -2.73. The first-order chi connectivity index (χ1) is 14.1. The molecule has 1 aliphatic rings. The maximum atomic E-state index is 12.6. The molecule has 1 N–H and O–H groups in total. The number of hydrogen-bond acceptors (Lipinski definition) is 5. The Kier molecular flexibility index (Phi) is 7.36. The van der Waals surface area contributed by atoms with E-state index in [4.69, 9.17) is 14.2 Å². The molecule has 1 heterocycles. The van der Waals surface area contributed by atoms with Gasteiger partial charge in [0.2, 0.25) is 5.75 Å². The molecular weight excluding hydrogens is 368 g/mol. The standard InChI is InChI=1S/C23H30N2O4/c1-27-20-13-19(14-21(28-2)22(20)29-3)23(26)24-15-17-7-9-18(10-8-17)16-25-11-5-4-6-12-25/h7-10,13-14H,4-6,11-12,15-16H2,1-3H3,(H,24,26). The van der Waals surface area contributed by atoms with Crippen molar-refractivity contribution in [2.45, 2.75) is 32.4 Å². The van der Waals surface area contributed by atoms with Crippen LogP contribution in [0.25, 0.3) is 0 Å². The largest absolute Gasteiger partial charge is 0.493 e. The maximum Gasteiger partial charge on any atom is 0.251 e. The van der Waals surface area contributed by atoms with Gasteiger partial charge in [0.25, 0.3) is 5.91 Å². The van der Waals surface area contributed by atoms with E-state index >= 15 is 0 Å². The summed E-state index contributed by atoms with van der Waals surface area (Å²) >= 11 is 0. The molecule has 2 aromatic rings. The van der Waals surface area contributed by atoms with Crippen molar-refractivity contribution < 1.29 is 19.0 Å². The number of nitrogens with zero attached hydrogens (tertiary/aromatic N) is 1. The Morgan fingerprint density at radius 1 is 0.897 bits per heavy atom. The first-order valence-electron chi connectivity index (χ1n) is 10.0. The van der Waals surface area contributed by atoms with Gasteiger partial charge in [0.1, 0.15) is 0 Å². The monoisotopic (exact) mass is 398 g/mol.